The molecule has 132 valence electrons. The molecule has 1 amide bonds. The zero-order valence-electron chi connectivity index (χ0n) is 14.4. The number of hydrogen-bond acceptors (Lipinski definition) is 5. The Kier molecular flexibility index (Phi) is 4.84. The average molecular weight is 351 g/mol. The molecule has 6 nitrogen and oxygen atoms in total. The van der Waals surface area contributed by atoms with Crippen LogP contribution in [-0.2, 0) is 4.79 Å². The minimum absolute atomic E-state index is 0.118. The molecular weight excluding hydrogens is 334 g/mol. The highest BCUT2D eigenvalue weighted by Crippen LogP contribution is 2.31. The summed E-state index contributed by atoms with van der Waals surface area (Å²) in [5.41, 5.74) is 1.58. The molecule has 2 aromatic carbocycles. The van der Waals surface area contributed by atoms with Gasteiger partial charge in [-0.05, 0) is 23.8 Å². The smallest absolute Gasteiger partial charge is 0.257 e. The lowest BCUT2D eigenvalue weighted by molar-refractivity contribution is -0.122. The number of hydrogen-bond donors (Lipinski definition) is 1. The van der Waals surface area contributed by atoms with E-state index in [0.29, 0.717) is 28.2 Å². The Hall–Kier alpha value is -3.41. The van der Waals surface area contributed by atoms with Crippen molar-refractivity contribution in [1.82, 2.24) is 5.32 Å². The van der Waals surface area contributed by atoms with Gasteiger partial charge in [-0.15, -0.1) is 0 Å². The Morgan fingerprint density at radius 3 is 2.27 bits per heavy atom. The summed E-state index contributed by atoms with van der Waals surface area (Å²) >= 11 is 0. The highest BCUT2D eigenvalue weighted by atomic mass is 16.5. The van der Waals surface area contributed by atoms with Gasteiger partial charge in [0.1, 0.15) is 0 Å². The van der Waals surface area contributed by atoms with Crippen LogP contribution in [0.2, 0.25) is 0 Å². The maximum Gasteiger partial charge on any atom is 0.257 e. The van der Waals surface area contributed by atoms with Crippen molar-refractivity contribution in [3.8, 4) is 11.5 Å². The SMILES string of the molecule is CNC(=O)COc1ccc(C=C2C(=O)c3ccccc3C2=O)cc1OC. The number of rotatable bonds is 5. The van der Waals surface area contributed by atoms with Gasteiger partial charge in [0.25, 0.3) is 5.91 Å². The van der Waals surface area contributed by atoms with Crippen molar-refractivity contribution >= 4 is 23.5 Å². The molecule has 1 N–H and O–H groups in total. The van der Waals surface area contributed by atoms with Gasteiger partial charge in [0.2, 0.25) is 0 Å². The number of fused-ring (bicyclic) bond motifs is 1. The van der Waals surface area contributed by atoms with Gasteiger partial charge in [-0.3, -0.25) is 14.4 Å². The van der Waals surface area contributed by atoms with Crippen LogP contribution in [0.15, 0.2) is 48.0 Å². The fraction of sp³-hybridized carbons (Fsp3) is 0.150. The van der Waals surface area contributed by atoms with E-state index in [-0.39, 0.29) is 29.7 Å². The van der Waals surface area contributed by atoms with E-state index in [0.717, 1.165) is 0 Å². The van der Waals surface area contributed by atoms with Crippen molar-refractivity contribution in [2.24, 2.45) is 0 Å². The van der Waals surface area contributed by atoms with E-state index in [4.69, 9.17) is 9.47 Å². The second-order valence-electron chi connectivity index (χ2n) is 5.63. The Morgan fingerprint density at radius 2 is 1.69 bits per heavy atom. The number of methoxy groups -OCH3 is 1. The van der Waals surface area contributed by atoms with Gasteiger partial charge < -0.3 is 14.8 Å². The van der Waals surface area contributed by atoms with E-state index >= 15 is 0 Å². The maximum absolute atomic E-state index is 12.5. The number of nitrogens with one attached hydrogen (secondary N) is 1. The third kappa shape index (κ3) is 3.21. The van der Waals surface area contributed by atoms with Crippen molar-refractivity contribution in [1.29, 1.82) is 0 Å². The van der Waals surface area contributed by atoms with Gasteiger partial charge in [0, 0.05) is 18.2 Å². The number of allylic oxidation sites excluding steroid dienone is 1. The van der Waals surface area contributed by atoms with Crippen LogP contribution < -0.4 is 14.8 Å². The van der Waals surface area contributed by atoms with E-state index in [1.54, 1.807) is 42.5 Å². The number of amides is 1. The summed E-state index contributed by atoms with van der Waals surface area (Å²) in [7, 11) is 2.99. The standard InChI is InChI=1S/C20H17NO5/c1-21-18(22)11-26-16-8-7-12(10-17(16)25-2)9-15-19(23)13-5-3-4-6-14(13)20(15)24/h3-10H,11H2,1-2H3,(H,21,22). The van der Waals surface area contributed by atoms with Crippen molar-refractivity contribution in [3.63, 3.8) is 0 Å². The number of Topliss-reactive ketones (excluding diaryl/α,β-unsaturated/α-hetero) is 2. The van der Waals surface area contributed by atoms with Crippen LogP contribution in [0.4, 0.5) is 0 Å². The molecule has 1 aliphatic rings. The van der Waals surface area contributed by atoms with Gasteiger partial charge in [-0.1, -0.05) is 30.3 Å². The quantitative estimate of drug-likeness (QED) is 0.660. The van der Waals surface area contributed by atoms with Crippen LogP contribution in [0, 0.1) is 0 Å². The molecule has 0 radical (unpaired) electrons. The van der Waals surface area contributed by atoms with Gasteiger partial charge >= 0.3 is 0 Å². The highest BCUT2D eigenvalue weighted by molar-refractivity contribution is 6.41. The summed E-state index contributed by atoms with van der Waals surface area (Å²) in [4.78, 5) is 36.2. The first-order chi connectivity index (χ1) is 12.5. The summed E-state index contributed by atoms with van der Waals surface area (Å²) in [6.07, 6.45) is 1.54. The monoisotopic (exact) mass is 351 g/mol. The van der Waals surface area contributed by atoms with Crippen LogP contribution >= 0.6 is 0 Å². The van der Waals surface area contributed by atoms with Gasteiger partial charge in [-0.25, -0.2) is 0 Å². The largest absolute Gasteiger partial charge is 0.493 e. The molecular formula is C20H17NO5. The molecule has 0 spiro atoms. The molecule has 1 aliphatic carbocycles. The topological polar surface area (TPSA) is 81.7 Å². The van der Waals surface area contributed by atoms with E-state index in [1.807, 2.05) is 0 Å². The molecule has 0 unspecified atom stereocenters. The lowest BCUT2D eigenvalue weighted by Crippen LogP contribution is -2.24. The third-order valence-corrected chi connectivity index (χ3v) is 4.04. The molecule has 6 heteroatoms. The predicted octanol–water partition coefficient (Wildman–Crippen LogP) is 2.28. The van der Waals surface area contributed by atoms with E-state index < -0.39 is 0 Å². The molecule has 26 heavy (non-hydrogen) atoms. The molecule has 0 fully saturated rings. The Balaban J connectivity index is 1.89. The minimum Gasteiger partial charge on any atom is -0.493 e. The number of carbonyl (C=O) groups excluding carboxylic acids is 3. The van der Waals surface area contributed by atoms with Crippen LogP contribution in [-0.4, -0.2) is 38.2 Å². The maximum atomic E-state index is 12.5. The number of likely N-dealkylation sites (N-methyl/N-ethyl adjacent to an activating group) is 1. The first-order valence-electron chi connectivity index (χ1n) is 7.96. The fourth-order valence-electron chi connectivity index (χ4n) is 2.68. The summed E-state index contributed by atoms with van der Waals surface area (Å²) in [6, 6.07) is 11.7. The van der Waals surface area contributed by atoms with Gasteiger partial charge in [0.15, 0.2) is 29.7 Å². The Morgan fingerprint density at radius 1 is 1.04 bits per heavy atom. The normalized spacial score (nSPS) is 12.6. The van der Waals surface area contributed by atoms with Gasteiger partial charge in [0.05, 0.1) is 12.7 Å². The van der Waals surface area contributed by atoms with E-state index in [2.05, 4.69) is 5.32 Å². The van der Waals surface area contributed by atoms with Crippen LogP contribution in [0.1, 0.15) is 26.3 Å². The van der Waals surface area contributed by atoms with E-state index in [1.165, 1.54) is 20.2 Å². The molecule has 3 rings (SSSR count). The lowest BCUT2D eigenvalue weighted by atomic mass is 10.1. The predicted molar refractivity (Wildman–Crippen MR) is 95.6 cm³/mol. The van der Waals surface area contributed by atoms with Crippen LogP contribution in [0.5, 0.6) is 11.5 Å². The molecule has 2 aromatic rings. The average Bonchev–Trinajstić information content (AvgIpc) is 2.91. The molecule has 0 heterocycles. The number of carbonyl (C=O) groups is 3. The summed E-state index contributed by atoms with van der Waals surface area (Å²) in [6.45, 7) is -0.139. The van der Waals surface area contributed by atoms with Crippen LogP contribution in [0.25, 0.3) is 6.08 Å². The zero-order valence-corrected chi connectivity index (χ0v) is 14.4. The molecule has 0 bridgehead atoms. The molecule has 0 aromatic heterocycles. The summed E-state index contributed by atoms with van der Waals surface area (Å²) in [5, 5.41) is 2.46. The van der Waals surface area contributed by atoms with Crippen molar-refractivity contribution in [2.45, 2.75) is 0 Å². The molecule has 0 aliphatic heterocycles. The molecule has 0 saturated carbocycles. The van der Waals surface area contributed by atoms with Crippen LogP contribution in [0.3, 0.4) is 0 Å². The summed E-state index contributed by atoms with van der Waals surface area (Å²) in [5.74, 6) is -0.0449. The molecule has 0 saturated heterocycles. The fourth-order valence-corrected chi connectivity index (χ4v) is 2.68. The minimum atomic E-state index is -0.287. The van der Waals surface area contributed by atoms with E-state index in [9.17, 15) is 14.4 Å². The second kappa shape index (κ2) is 7.23. The number of benzene rings is 2. The van der Waals surface area contributed by atoms with Crippen molar-refractivity contribution in [3.05, 3.63) is 64.7 Å². The Labute approximate surface area is 150 Å². The first-order valence-corrected chi connectivity index (χ1v) is 7.96. The van der Waals surface area contributed by atoms with Crippen molar-refractivity contribution in [2.75, 3.05) is 20.8 Å². The third-order valence-electron chi connectivity index (χ3n) is 4.04. The zero-order chi connectivity index (χ0) is 18.7. The highest BCUT2D eigenvalue weighted by Gasteiger charge is 2.32. The summed E-state index contributed by atoms with van der Waals surface area (Å²) < 4.78 is 10.7. The Bertz CT molecular complexity index is 893. The first kappa shape index (κ1) is 17.4. The van der Waals surface area contributed by atoms with Gasteiger partial charge in [-0.2, -0.15) is 0 Å². The van der Waals surface area contributed by atoms with Crippen molar-refractivity contribution < 1.29 is 23.9 Å². The number of ketones is 2. The lowest BCUT2D eigenvalue weighted by Gasteiger charge is -2.10. The molecule has 0 atom stereocenters. The second-order valence-corrected chi connectivity index (χ2v) is 5.63. The number of ether oxygens (including phenoxy) is 2.